The molecule has 2 aliphatic rings. The molecule has 6 nitrogen and oxygen atoms in total. The fourth-order valence-corrected chi connectivity index (χ4v) is 4.21. The molecule has 0 atom stereocenters. The first kappa shape index (κ1) is 19.6. The van der Waals surface area contributed by atoms with E-state index in [1.807, 2.05) is 29.2 Å². The number of anilines is 1. The number of hydrogen-bond acceptors (Lipinski definition) is 4. The molecule has 2 amide bonds. The van der Waals surface area contributed by atoms with E-state index in [1.165, 1.54) is 12.1 Å². The summed E-state index contributed by atoms with van der Waals surface area (Å²) < 4.78 is 18.9. The average molecular weight is 398 g/mol. The number of ether oxygens (including phenoxy) is 1. The van der Waals surface area contributed by atoms with Gasteiger partial charge in [0, 0.05) is 69.4 Å². The number of benzene rings is 1. The molecule has 2 saturated heterocycles. The summed E-state index contributed by atoms with van der Waals surface area (Å²) in [5.41, 5.74) is 1.99. The second-order valence-corrected chi connectivity index (χ2v) is 7.74. The van der Waals surface area contributed by atoms with Gasteiger partial charge >= 0.3 is 6.03 Å². The summed E-state index contributed by atoms with van der Waals surface area (Å²) in [4.78, 5) is 21.0. The molecule has 1 N–H and O–H groups in total. The Morgan fingerprint density at radius 2 is 1.69 bits per heavy atom. The summed E-state index contributed by atoms with van der Waals surface area (Å²) >= 11 is 0. The van der Waals surface area contributed by atoms with Crippen LogP contribution in [-0.2, 0) is 10.2 Å². The molecule has 0 aliphatic carbocycles. The quantitative estimate of drug-likeness (QED) is 0.861. The van der Waals surface area contributed by atoms with Gasteiger partial charge in [-0.1, -0.05) is 12.1 Å². The normalized spacial score (nSPS) is 19.1. The Labute approximate surface area is 170 Å². The van der Waals surface area contributed by atoms with Crippen molar-refractivity contribution >= 4 is 11.7 Å². The van der Waals surface area contributed by atoms with E-state index in [2.05, 4.69) is 15.2 Å². The van der Waals surface area contributed by atoms with Crippen LogP contribution < -0.4 is 10.2 Å². The summed E-state index contributed by atoms with van der Waals surface area (Å²) in [5.74, 6) is -0.243. The maximum Gasteiger partial charge on any atom is 0.317 e. The molecule has 0 bridgehead atoms. The van der Waals surface area contributed by atoms with Crippen molar-refractivity contribution in [3.8, 4) is 0 Å². The summed E-state index contributed by atoms with van der Waals surface area (Å²) in [6.45, 7) is 4.80. The lowest BCUT2D eigenvalue weighted by Gasteiger charge is -2.40. The predicted molar refractivity (Wildman–Crippen MR) is 110 cm³/mol. The fourth-order valence-electron chi connectivity index (χ4n) is 4.21. The van der Waals surface area contributed by atoms with Gasteiger partial charge in [-0.05, 0) is 42.7 Å². The number of nitrogens with zero attached hydrogens (tertiary/aromatic N) is 3. The second-order valence-electron chi connectivity index (χ2n) is 7.74. The molecule has 1 aromatic heterocycles. The van der Waals surface area contributed by atoms with E-state index in [9.17, 15) is 9.18 Å². The lowest BCUT2D eigenvalue weighted by atomic mass is 9.74. The maximum atomic E-state index is 13.4. The third kappa shape index (κ3) is 4.50. The Bertz CT molecular complexity index is 801. The molecular formula is C22H27FN4O2. The maximum absolute atomic E-state index is 13.4. The first-order valence-electron chi connectivity index (χ1n) is 10.2. The van der Waals surface area contributed by atoms with Crippen molar-refractivity contribution in [3.05, 3.63) is 60.2 Å². The van der Waals surface area contributed by atoms with E-state index >= 15 is 0 Å². The van der Waals surface area contributed by atoms with Crippen LogP contribution in [-0.4, -0.2) is 61.9 Å². The zero-order chi connectivity index (χ0) is 20.1. The van der Waals surface area contributed by atoms with Gasteiger partial charge in [0.15, 0.2) is 0 Å². The zero-order valence-electron chi connectivity index (χ0n) is 16.5. The number of urea groups is 1. The van der Waals surface area contributed by atoms with Crippen molar-refractivity contribution in [2.45, 2.75) is 18.3 Å². The molecular weight excluding hydrogens is 371 g/mol. The number of aromatic nitrogens is 1. The van der Waals surface area contributed by atoms with Gasteiger partial charge in [0.25, 0.3) is 0 Å². The van der Waals surface area contributed by atoms with Crippen LogP contribution in [0.25, 0.3) is 0 Å². The van der Waals surface area contributed by atoms with Gasteiger partial charge in [0.1, 0.15) is 5.82 Å². The van der Waals surface area contributed by atoms with Gasteiger partial charge in [-0.2, -0.15) is 0 Å². The van der Waals surface area contributed by atoms with Crippen LogP contribution in [0.3, 0.4) is 0 Å². The molecule has 2 aliphatic heterocycles. The zero-order valence-corrected chi connectivity index (χ0v) is 16.5. The average Bonchev–Trinajstić information content (AvgIpc) is 2.79. The highest BCUT2D eigenvalue weighted by Crippen LogP contribution is 2.34. The summed E-state index contributed by atoms with van der Waals surface area (Å²) in [5, 5.41) is 3.14. The molecule has 29 heavy (non-hydrogen) atoms. The molecule has 0 radical (unpaired) electrons. The number of pyridine rings is 1. The van der Waals surface area contributed by atoms with Crippen LogP contribution in [0.4, 0.5) is 14.9 Å². The number of carbonyl (C=O) groups is 1. The highest BCUT2D eigenvalue weighted by atomic mass is 19.1. The van der Waals surface area contributed by atoms with E-state index in [4.69, 9.17) is 4.74 Å². The van der Waals surface area contributed by atoms with Crippen LogP contribution in [0.1, 0.15) is 18.4 Å². The molecule has 0 saturated carbocycles. The van der Waals surface area contributed by atoms with Crippen molar-refractivity contribution in [2.24, 2.45) is 0 Å². The van der Waals surface area contributed by atoms with Gasteiger partial charge in [0.05, 0.1) is 0 Å². The minimum absolute atomic E-state index is 0.0349. The van der Waals surface area contributed by atoms with Gasteiger partial charge in [-0.15, -0.1) is 0 Å². The van der Waals surface area contributed by atoms with Gasteiger partial charge in [-0.25, -0.2) is 9.18 Å². The number of amides is 2. The van der Waals surface area contributed by atoms with E-state index < -0.39 is 0 Å². The summed E-state index contributed by atoms with van der Waals surface area (Å²) in [6, 6.07) is 10.6. The Morgan fingerprint density at radius 1 is 1.03 bits per heavy atom. The molecule has 0 spiro atoms. The minimum Gasteiger partial charge on any atom is -0.381 e. The number of piperazine rings is 1. The predicted octanol–water partition coefficient (Wildman–Crippen LogP) is 2.80. The van der Waals surface area contributed by atoms with Crippen molar-refractivity contribution in [1.29, 1.82) is 0 Å². The Morgan fingerprint density at radius 3 is 2.34 bits per heavy atom. The molecule has 154 valence electrons. The molecule has 2 fully saturated rings. The molecule has 3 heterocycles. The van der Waals surface area contributed by atoms with E-state index in [0.717, 1.165) is 37.2 Å². The van der Waals surface area contributed by atoms with Gasteiger partial charge < -0.3 is 19.9 Å². The molecule has 4 rings (SSSR count). The van der Waals surface area contributed by atoms with Crippen LogP contribution in [0, 0.1) is 5.82 Å². The lowest BCUT2D eigenvalue weighted by molar-refractivity contribution is 0.0501. The van der Waals surface area contributed by atoms with E-state index in [1.54, 1.807) is 12.4 Å². The Balaban J connectivity index is 1.36. The second kappa shape index (κ2) is 8.78. The van der Waals surface area contributed by atoms with Crippen LogP contribution in [0.15, 0.2) is 48.8 Å². The highest BCUT2D eigenvalue weighted by Gasteiger charge is 2.35. The minimum atomic E-state index is -0.243. The fraction of sp³-hybridized carbons (Fsp3) is 0.455. The Kier molecular flexibility index (Phi) is 5.94. The van der Waals surface area contributed by atoms with Crippen molar-refractivity contribution in [3.63, 3.8) is 0 Å². The lowest BCUT2D eigenvalue weighted by Crippen LogP contribution is -2.54. The van der Waals surface area contributed by atoms with Crippen molar-refractivity contribution in [2.75, 3.05) is 50.8 Å². The van der Waals surface area contributed by atoms with Crippen molar-refractivity contribution < 1.29 is 13.9 Å². The highest BCUT2D eigenvalue weighted by molar-refractivity contribution is 5.74. The number of carbonyl (C=O) groups excluding carboxylic acids is 1. The number of rotatable bonds is 4. The molecule has 2 aromatic rings. The van der Waals surface area contributed by atoms with E-state index in [0.29, 0.717) is 32.8 Å². The standard InChI is InChI=1S/C22H27FN4O2/c23-19-3-1-18(2-4-19)22(7-15-29-16-8-22)17-25-21(28)27-13-11-26(12-14-27)20-5-9-24-10-6-20/h1-6,9-10H,7-8,11-17H2,(H,25,28). The first-order chi connectivity index (χ1) is 14.2. The number of halogens is 1. The molecule has 1 aromatic carbocycles. The van der Waals surface area contributed by atoms with Crippen LogP contribution in [0.5, 0.6) is 0 Å². The molecule has 7 heteroatoms. The third-order valence-electron chi connectivity index (χ3n) is 6.08. The van der Waals surface area contributed by atoms with Crippen LogP contribution in [0.2, 0.25) is 0 Å². The van der Waals surface area contributed by atoms with E-state index in [-0.39, 0.29) is 17.3 Å². The first-order valence-corrected chi connectivity index (χ1v) is 10.2. The summed E-state index contributed by atoms with van der Waals surface area (Å²) in [6.07, 6.45) is 5.21. The topological polar surface area (TPSA) is 57.7 Å². The molecule has 0 unspecified atom stereocenters. The smallest absolute Gasteiger partial charge is 0.317 e. The van der Waals surface area contributed by atoms with Crippen molar-refractivity contribution in [1.82, 2.24) is 15.2 Å². The van der Waals surface area contributed by atoms with Gasteiger partial charge in [-0.3, -0.25) is 4.98 Å². The summed E-state index contributed by atoms with van der Waals surface area (Å²) in [7, 11) is 0. The third-order valence-corrected chi connectivity index (χ3v) is 6.08. The largest absolute Gasteiger partial charge is 0.381 e. The van der Waals surface area contributed by atoms with Crippen LogP contribution >= 0.6 is 0 Å². The number of hydrogen-bond donors (Lipinski definition) is 1. The SMILES string of the molecule is O=C(NCC1(c2ccc(F)cc2)CCOCC1)N1CCN(c2ccncc2)CC1. The Hall–Kier alpha value is -2.67. The van der Waals surface area contributed by atoms with Gasteiger partial charge in [0.2, 0.25) is 0 Å². The monoisotopic (exact) mass is 398 g/mol. The number of nitrogens with one attached hydrogen (secondary N) is 1.